The Bertz CT molecular complexity index is 1390. The van der Waals surface area contributed by atoms with Crippen molar-refractivity contribution in [3.8, 4) is 11.5 Å². The van der Waals surface area contributed by atoms with E-state index in [-0.39, 0.29) is 5.57 Å². The highest BCUT2D eigenvalue weighted by Gasteiger charge is 2.37. The van der Waals surface area contributed by atoms with Gasteiger partial charge < -0.3 is 9.47 Å². The number of urea groups is 1. The van der Waals surface area contributed by atoms with Crippen LogP contribution in [0.2, 0.25) is 5.02 Å². The lowest BCUT2D eigenvalue weighted by atomic mass is 10.1. The summed E-state index contributed by atoms with van der Waals surface area (Å²) in [4.78, 5) is 39.3. The Balaban J connectivity index is 1.64. The first-order valence-electron chi connectivity index (χ1n) is 11.1. The van der Waals surface area contributed by atoms with Crippen LogP contribution in [0.5, 0.6) is 11.5 Å². The Morgan fingerprint density at radius 1 is 1.00 bits per heavy atom. The van der Waals surface area contributed by atoms with E-state index in [9.17, 15) is 14.4 Å². The number of benzene rings is 3. The highest BCUT2D eigenvalue weighted by Crippen LogP contribution is 2.32. The van der Waals surface area contributed by atoms with Gasteiger partial charge in [-0.05, 0) is 61.4 Å². The number of rotatable bonds is 7. The first kappa shape index (κ1) is 25.5. The van der Waals surface area contributed by atoms with Gasteiger partial charge in [-0.3, -0.25) is 14.9 Å². The normalized spacial score (nSPS) is 14.7. The third-order valence-electron chi connectivity index (χ3n) is 5.50. The zero-order valence-corrected chi connectivity index (χ0v) is 21.9. The van der Waals surface area contributed by atoms with Crippen LogP contribution in [0.1, 0.15) is 23.6 Å². The molecule has 0 spiro atoms. The summed E-state index contributed by atoms with van der Waals surface area (Å²) in [6.07, 6.45) is 1.41. The van der Waals surface area contributed by atoms with Gasteiger partial charge >= 0.3 is 6.03 Å². The van der Waals surface area contributed by atoms with Gasteiger partial charge in [0, 0.05) is 15.1 Å². The van der Waals surface area contributed by atoms with E-state index in [4.69, 9.17) is 21.1 Å². The number of nitrogens with zero attached hydrogens (tertiary/aromatic N) is 1. The highest BCUT2D eigenvalue weighted by atomic mass is 79.9. The molecule has 0 unspecified atom stereocenters. The monoisotopic (exact) mass is 568 g/mol. The van der Waals surface area contributed by atoms with Gasteiger partial charge in [0.1, 0.15) is 12.2 Å². The van der Waals surface area contributed by atoms with Crippen LogP contribution in [0.15, 0.2) is 70.7 Å². The predicted octanol–water partition coefficient (Wildman–Crippen LogP) is 6.06. The van der Waals surface area contributed by atoms with Crippen molar-refractivity contribution in [2.45, 2.75) is 20.5 Å². The SMILES string of the molecule is CCOc1cc(/C=C2\C(=O)NC(=O)N(c3cccc(Cl)c3C)C2=O)ccc1OCc1ccccc1Br. The Labute approximate surface area is 221 Å². The fourth-order valence-corrected chi connectivity index (χ4v) is 4.22. The molecule has 3 aromatic carbocycles. The number of halogens is 2. The number of carbonyl (C=O) groups excluding carboxylic acids is 3. The molecule has 1 fully saturated rings. The van der Waals surface area contributed by atoms with Gasteiger partial charge in [-0.25, -0.2) is 9.69 Å². The topological polar surface area (TPSA) is 84.9 Å². The third-order valence-corrected chi connectivity index (χ3v) is 6.68. The molecule has 0 bridgehead atoms. The van der Waals surface area contributed by atoms with Crippen LogP contribution >= 0.6 is 27.5 Å². The molecule has 0 atom stereocenters. The molecule has 4 amide bonds. The average Bonchev–Trinajstić information content (AvgIpc) is 2.85. The second-order valence-corrected chi connectivity index (χ2v) is 9.12. The first-order chi connectivity index (χ1) is 17.3. The standard InChI is InChI=1S/C27H22BrClN2O5/c1-3-35-24-14-17(11-12-23(24)36-15-18-7-4-5-8-20(18)28)13-19-25(32)30-27(34)31(26(19)33)22-10-6-9-21(29)16(22)2/h4-14H,3,15H2,1-2H3,(H,30,32,34)/b19-13+. The third kappa shape index (κ3) is 5.29. The zero-order chi connectivity index (χ0) is 25.8. The van der Waals surface area contributed by atoms with Crippen molar-refractivity contribution in [2.24, 2.45) is 0 Å². The summed E-state index contributed by atoms with van der Waals surface area (Å²) < 4.78 is 12.6. The summed E-state index contributed by atoms with van der Waals surface area (Å²) in [7, 11) is 0. The van der Waals surface area contributed by atoms with Gasteiger partial charge in [0.25, 0.3) is 11.8 Å². The van der Waals surface area contributed by atoms with E-state index < -0.39 is 17.8 Å². The van der Waals surface area contributed by atoms with Crippen LogP contribution in [-0.2, 0) is 16.2 Å². The van der Waals surface area contributed by atoms with Crippen molar-refractivity contribution in [2.75, 3.05) is 11.5 Å². The number of amides is 4. The van der Waals surface area contributed by atoms with E-state index in [1.54, 1.807) is 43.3 Å². The van der Waals surface area contributed by atoms with Crippen LogP contribution in [0.4, 0.5) is 10.5 Å². The summed E-state index contributed by atoms with van der Waals surface area (Å²) >= 11 is 9.69. The number of anilines is 1. The first-order valence-corrected chi connectivity index (χ1v) is 12.3. The molecule has 0 aliphatic carbocycles. The van der Waals surface area contributed by atoms with Crippen molar-refractivity contribution < 1.29 is 23.9 Å². The molecule has 1 N–H and O–H groups in total. The maximum absolute atomic E-state index is 13.3. The van der Waals surface area contributed by atoms with E-state index in [2.05, 4.69) is 21.2 Å². The summed E-state index contributed by atoms with van der Waals surface area (Å²) in [6.45, 7) is 4.25. The Hall–Kier alpha value is -3.62. The summed E-state index contributed by atoms with van der Waals surface area (Å²) in [5.74, 6) is -0.559. The minimum atomic E-state index is -0.835. The molecule has 0 saturated carbocycles. The molecule has 3 aromatic rings. The van der Waals surface area contributed by atoms with Crippen LogP contribution < -0.4 is 19.7 Å². The van der Waals surface area contributed by atoms with Gasteiger partial charge in [-0.2, -0.15) is 0 Å². The van der Waals surface area contributed by atoms with Gasteiger partial charge in [0.2, 0.25) is 0 Å². The number of barbiturate groups is 1. The molecule has 1 saturated heterocycles. The largest absolute Gasteiger partial charge is 0.490 e. The van der Waals surface area contributed by atoms with Crippen LogP contribution in [0.3, 0.4) is 0 Å². The molecule has 1 heterocycles. The maximum Gasteiger partial charge on any atom is 0.335 e. The second-order valence-electron chi connectivity index (χ2n) is 7.86. The smallest absolute Gasteiger partial charge is 0.335 e. The number of nitrogens with one attached hydrogen (secondary N) is 1. The Morgan fingerprint density at radius 3 is 2.53 bits per heavy atom. The molecule has 0 aromatic heterocycles. The molecule has 9 heteroatoms. The van der Waals surface area contributed by atoms with Gasteiger partial charge in [-0.1, -0.05) is 57.9 Å². The van der Waals surface area contributed by atoms with E-state index >= 15 is 0 Å². The van der Waals surface area contributed by atoms with E-state index in [0.29, 0.717) is 46.5 Å². The van der Waals surface area contributed by atoms with Crippen LogP contribution in [0.25, 0.3) is 6.08 Å². The fraction of sp³-hybridized carbons (Fsp3) is 0.148. The van der Waals surface area contributed by atoms with Crippen molar-refractivity contribution in [1.82, 2.24) is 5.32 Å². The molecule has 184 valence electrons. The fourth-order valence-electron chi connectivity index (χ4n) is 3.65. The summed E-state index contributed by atoms with van der Waals surface area (Å²) in [5, 5.41) is 2.62. The molecular formula is C27H22BrClN2O5. The molecule has 4 rings (SSSR count). The van der Waals surface area contributed by atoms with Crippen molar-refractivity contribution in [1.29, 1.82) is 0 Å². The van der Waals surface area contributed by atoms with Crippen LogP contribution in [0, 0.1) is 6.92 Å². The Morgan fingerprint density at radius 2 is 1.78 bits per heavy atom. The van der Waals surface area contributed by atoms with Gasteiger partial charge in [-0.15, -0.1) is 0 Å². The van der Waals surface area contributed by atoms with Crippen LogP contribution in [-0.4, -0.2) is 24.5 Å². The van der Waals surface area contributed by atoms with E-state index in [0.717, 1.165) is 14.9 Å². The Kier molecular flexibility index (Phi) is 7.76. The number of imide groups is 2. The molecule has 36 heavy (non-hydrogen) atoms. The lowest BCUT2D eigenvalue weighted by molar-refractivity contribution is -0.122. The number of hydrogen-bond donors (Lipinski definition) is 1. The van der Waals surface area contributed by atoms with Crippen molar-refractivity contribution >= 4 is 57.1 Å². The minimum Gasteiger partial charge on any atom is -0.490 e. The van der Waals surface area contributed by atoms with Crippen molar-refractivity contribution in [3.05, 3.63) is 92.4 Å². The van der Waals surface area contributed by atoms with E-state index in [1.807, 2.05) is 31.2 Å². The summed E-state index contributed by atoms with van der Waals surface area (Å²) in [6, 6.07) is 16.9. The lowest BCUT2D eigenvalue weighted by Crippen LogP contribution is -2.54. The average molecular weight is 570 g/mol. The maximum atomic E-state index is 13.3. The molecule has 7 nitrogen and oxygen atoms in total. The quantitative estimate of drug-likeness (QED) is 0.276. The molecular weight excluding hydrogens is 548 g/mol. The zero-order valence-electron chi connectivity index (χ0n) is 19.5. The van der Waals surface area contributed by atoms with E-state index in [1.165, 1.54) is 6.08 Å². The number of ether oxygens (including phenoxy) is 2. The van der Waals surface area contributed by atoms with Crippen molar-refractivity contribution in [3.63, 3.8) is 0 Å². The summed E-state index contributed by atoms with van der Waals surface area (Å²) in [5.41, 5.74) is 2.15. The molecule has 0 radical (unpaired) electrons. The molecule has 1 aliphatic rings. The lowest BCUT2D eigenvalue weighted by Gasteiger charge is -2.27. The number of carbonyl (C=O) groups is 3. The highest BCUT2D eigenvalue weighted by molar-refractivity contribution is 9.10. The predicted molar refractivity (Wildman–Crippen MR) is 141 cm³/mol. The van der Waals surface area contributed by atoms with Gasteiger partial charge in [0.15, 0.2) is 11.5 Å². The minimum absolute atomic E-state index is 0.196. The second kappa shape index (κ2) is 11.0. The molecule has 1 aliphatic heterocycles. The number of hydrogen-bond acceptors (Lipinski definition) is 5. The van der Waals surface area contributed by atoms with Gasteiger partial charge in [0.05, 0.1) is 12.3 Å².